The Morgan fingerprint density at radius 3 is 2.08 bits per heavy atom. The van der Waals surface area contributed by atoms with E-state index in [-0.39, 0.29) is 6.61 Å². The highest BCUT2D eigenvalue weighted by atomic mass is 32.2. The number of benzene rings is 3. The van der Waals surface area contributed by atoms with Gasteiger partial charge in [-0.1, -0.05) is 67.3 Å². The molecule has 1 saturated heterocycles. The zero-order valence-electron chi connectivity index (χ0n) is 22.2. The van der Waals surface area contributed by atoms with Gasteiger partial charge in [-0.25, -0.2) is 8.42 Å². The lowest BCUT2D eigenvalue weighted by Crippen LogP contribution is -2.49. The molecule has 1 aliphatic rings. The number of aliphatic hydroxyl groups excluding tert-OH is 1. The molecule has 0 atom stereocenters. The molecule has 8 heteroatoms. The maximum atomic E-state index is 13.0. The zero-order chi connectivity index (χ0) is 27.7. The Balaban J connectivity index is 1.40. The molecule has 0 aliphatic carbocycles. The second kappa shape index (κ2) is 13.4. The fourth-order valence-corrected chi connectivity index (χ4v) is 5.81. The summed E-state index contributed by atoms with van der Waals surface area (Å²) in [5.41, 5.74) is 4.90. The standard InChI is InChI=1S/C31H35N3O4S/c1-3-32-29-14-8-26(9-15-29)6-12-28-13-7-27(24-31(28)38-2)5-4-25-10-16-30(17-11-25)39(36,37)34-20-18-33(19-21-34)22-23-35/h3-17,24,32,35H,1,18-23H2,2H3/b5-4+,12-6+. The average molecular weight is 546 g/mol. The lowest BCUT2D eigenvalue weighted by atomic mass is 10.1. The van der Waals surface area contributed by atoms with E-state index in [0.717, 1.165) is 33.7 Å². The predicted octanol–water partition coefficient (Wildman–Crippen LogP) is 4.89. The van der Waals surface area contributed by atoms with E-state index in [1.54, 1.807) is 25.4 Å². The lowest BCUT2D eigenvalue weighted by Gasteiger charge is -2.33. The molecule has 0 bridgehead atoms. The van der Waals surface area contributed by atoms with Crippen LogP contribution in [0.5, 0.6) is 5.75 Å². The second-order valence-corrected chi connectivity index (χ2v) is 11.1. The molecule has 3 aromatic rings. The predicted molar refractivity (Wildman–Crippen MR) is 160 cm³/mol. The Hall–Kier alpha value is -3.69. The summed E-state index contributed by atoms with van der Waals surface area (Å²) in [5.74, 6) is 0.763. The van der Waals surface area contributed by atoms with Crippen molar-refractivity contribution in [2.24, 2.45) is 0 Å². The number of hydrogen-bond donors (Lipinski definition) is 2. The molecule has 3 aromatic carbocycles. The van der Waals surface area contributed by atoms with Crippen molar-refractivity contribution < 1.29 is 18.3 Å². The molecule has 7 nitrogen and oxygen atoms in total. The summed E-state index contributed by atoms with van der Waals surface area (Å²) in [6.07, 6.45) is 9.64. The Kier molecular flexibility index (Phi) is 9.73. The van der Waals surface area contributed by atoms with Gasteiger partial charge < -0.3 is 15.2 Å². The average Bonchev–Trinajstić information content (AvgIpc) is 2.97. The number of sulfonamides is 1. The summed E-state index contributed by atoms with van der Waals surface area (Å²) in [4.78, 5) is 2.36. The van der Waals surface area contributed by atoms with Crippen LogP contribution in [0.3, 0.4) is 0 Å². The minimum absolute atomic E-state index is 0.0831. The first-order chi connectivity index (χ1) is 18.9. The number of anilines is 1. The van der Waals surface area contributed by atoms with E-state index in [9.17, 15) is 8.42 Å². The van der Waals surface area contributed by atoms with Crippen molar-refractivity contribution in [2.75, 3.05) is 51.8 Å². The largest absolute Gasteiger partial charge is 0.496 e. The van der Waals surface area contributed by atoms with Crippen molar-refractivity contribution >= 4 is 40.0 Å². The third kappa shape index (κ3) is 7.46. The molecule has 0 unspecified atom stereocenters. The van der Waals surface area contributed by atoms with E-state index >= 15 is 0 Å². The molecule has 1 aliphatic heterocycles. The van der Waals surface area contributed by atoms with Crippen molar-refractivity contribution in [3.05, 3.63) is 102 Å². The summed E-state index contributed by atoms with van der Waals surface area (Å²) in [5, 5.41) is 12.2. The number of aliphatic hydroxyl groups is 1. The van der Waals surface area contributed by atoms with Crippen molar-refractivity contribution in [1.29, 1.82) is 0 Å². The maximum absolute atomic E-state index is 13.0. The van der Waals surface area contributed by atoms with E-state index in [1.165, 1.54) is 4.31 Å². The van der Waals surface area contributed by atoms with Crippen LogP contribution in [0.4, 0.5) is 5.69 Å². The number of piperazine rings is 1. The normalized spacial score (nSPS) is 15.1. The topological polar surface area (TPSA) is 82.1 Å². The number of hydrogen-bond acceptors (Lipinski definition) is 6. The van der Waals surface area contributed by atoms with Crippen molar-refractivity contribution in [1.82, 2.24) is 9.21 Å². The van der Waals surface area contributed by atoms with Crippen molar-refractivity contribution in [3.63, 3.8) is 0 Å². The molecule has 1 fully saturated rings. The van der Waals surface area contributed by atoms with Crippen molar-refractivity contribution in [2.45, 2.75) is 4.90 Å². The highest BCUT2D eigenvalue weighted by Crippen LogP contribution is 2.25. The van der Waals surface area contributed by atoms with Crippen LogP contribution >= 0.6 is 0 Å². The van der Waals surface area contributed by atoms with E-state index in [4.69, 9.17) is 9.84 Å². The van der Waals surface area contributed by atoms with Gasteiger partial charge in [-0.15, -0.1) is 0 Å². The van der Waals surface area contributed by atoms with E-state index in [2.05, 4.69) is 16.8 Å². The minimum Gasteiger partial charge on any atom is -0.496 e. The van der Waals surface area contributed by atoms with Gasteiger partial charge in [0, 0.05) is 44.0 Å². The lowest BCUT2D eigenvalue weighted by molar-refractivity contribution is 0.151. The fraction of sp³-hybridized carbons (Fsp3) is 0.226. The van der Waals surface area contributed by atoms with Gasteiger partial charge >= 0.3 is 0 Å². The first-order valence-corrected chi connectivity index (χ1v) is 14.3. The number of rotatable bonds is 11. The second-order valence-electron chi connectivity index (χ2n) is 9.18. The SMILES string of the molecule is C=CNc1ccc(/C=C/c2ccc(/C=C/c3ccc(S(=O)(=O)N4CCN(CCO)CC4)cc3)cc2OC)cc1. The third-order valence-electron chi connectivity index (χ3n) is 6.63. The van der Waals surface area contributed by atoms with Gasteiger partial charge in [-0.3, -0.25) is 4.90 Å². The molecular formula is C31H35N3O4S. The molecular weight excluding hydrogens is 510 g/mol. The summed E-state index contributed by atoms with van der Waals surface area (Å²) in [7, 11) is -1.88. The van der Waals surface area contributed by atoms with Crippen LogP contribution in [0.1, 0.15) is 22.3 Å². The first-order valence-electron chi connectivity index (χ1n) is 12.9. The van der Waals surface area contributed by atoms with E-state index in [1.807, 2.05) is 78.9 Å². The number of nitrogens with one attached hydrogen (secondary N) is 1. The van der Waals surface area contributed by atoms with Crippen LogP contribution < -0.4 is 10.1 Å². The molecule has 1 heterocycles. The molecule has 2 N–H and O–H groups in total. The summed E-state index contributed by atoms with van der Waals surface area (Å²) in [6.45, 7) is 6.43. The maximum Gasteiger partial charge on any atom is 0.243 e. The fourth-order valence-electron chi connectivity index (χ4n) is 4.39. The highest BCUT2D eigenvalue weighted by Gasteiger charge is 2.28. The van der Waals surface area contributed by atoms with E-state index < -0.39 is 10.0 Å². The number of nitrogens with zero attached hydrogens (tertiary/aromatic N) is 2. The molecule has 0 radical (unpaired) electrons. The van der Waals surface area contributed by atoms with Crippen LogP contribution in [-0.4, -0.2) is 69.2 Å². The monoisotopic (exact) mass is 545 g/mol. The Labute approximate surface area is 231 Å². The van der Waals surface area contributed by atoms with Gasteiger partial charge in [-0.2, -0.15) is 4.31 Å². The first kappa shape index (κ1) is 28.3. The molecule has 4 rings (SSSR count). The van der Waals surface area contributed by atoms with Gasteiger partial charge in [0.1, 0.15) is 5.75 Å². The van der Waals surface area contributed by atoms with Crippen LogP contribution in [0.2, 0.25) is 0 Å². The smallest absolute Gasteiger partial charge is 0.243 e. The number of ether oxygens (including phenoxy) is 1. The van der Waals surface area contributed by atoms with Gasteiger partial charge in [0.2, 0.25) is 10.0 Å². The van der Waals surface area contributed by atoms with Crippen LogP contribution in [0, 0.1) is 0 Å². The third-order valence-corrected chi connectivity index (χ3v) is 8.54. The van der Waals surface area contributed by atoms with Gasteiger partial charge in [0.05, 0.1) is 18.6 Å². The quantitative estimate of drug-likeness (QED) is 0.334. The molecule has 0 amide bonds. The van der Waals surface area contributed by atoms with E-state index in [0.29, 0.717) is 37.6 Å². The van der Waals surface area contributed by atoms with Gasteiger partial charge in [0.15, 0.2) is 0 Å². The van der Waals surface area contributed by atoms with Gasteiger partial charge in [0.25, 0.3) is 0 Å². The van der Waals surface area contributed by atoms with Crippen molar-refractivity contribution in [3.8, 4) is 5.75 Å². The number of methoxy groups -OCH3 is 1. The molecule has 204 valence electrons. The Morgan fingerprint density at radius 1 is 0.872 bits per heavy atom. The summed E-state index contributed by atoms with van der Waals surface area (Å²) in [6, 6.07) is 21.0. The molecule has 0 spiro atoms. The van der Waals surface area contributed by atoms with Crippen LogP contribution in [-0.2, 0) is 10.0 Å². The molecule has 0 aromatic heterocycles. The number of β-amino-alcohol motifs (C(OH)–C–C–N with tert-alkyl or cyclic N) is 1. The Morgan fingerprint density at radius 2 is 1.46 bits per heavy atom. The van der Waals surface area contributed by atoms with Gasteiger partial charge in [-0.05, 0) is 53.2 Å². The minimum atomic E-state index is -3.54. The Bertz CT molecular complexity index is 1410. The summed E-state index contributed by atoms with van der Waals surface area (Å²) >= 11 is 0. The van der Waals surface area contributed by atoms with Crippen LogP contribution in [0.25, 0.3) is 24.3 Å². The summed E-state index contributed by atoms with van der Waals surface area (Å²) < 4.78 is 33.2. The molecule has 39 heavy (non-hydrogen) atoms. The van der Waals surface area contributed by atoms with Crippen LogP contribution in [0.15, 0.2) is 84.4 Å². The zero-order valence-corrected chi connectivity index (χ0v) is 23.0. The molecule has 0 saturated carbocycles. The highest BCUT2D eigenvalue weighted by molar-refractivity contribution is 7.89.